The first-order valence-electron chi connectivity index (χ1n) is 8.86. The van der Waals surface area contributed by atoms with Crippen molar-refractivity contribution in [3.63, 3.8) is 0 Å². The molecule has 1 amide bonds. The minimum absolute atomic E-state index is 0.178. The van der Waals surface area contributed by atoms with Crippen molar-refractivity contribution in [3.05, 3.63) is 51.8 Å². The molecule has 0 aliphatic rings. The first kappa shape index (κ1) is 19.5. The molecule has 0 saturated heterocycles. The van der Waals surface area contributed by atoms with Crippen molar-refractivity contribution >= 4 is 17.5 Å². The molecule has 0 aliphatic heterocycles. The molecule has 1 atom stereocenters. The van der Waals surface area contributed by atoms with Crippen LogP contribution in [0.4, 0.5) is 0 Å². The molecule has 0 unspecified atom stereocenters. The number of carbonyl (C=O) groups excluding carboxylic acids is 1. The standard InChI is InChI=1S/C20H28ClN3O/c1-6-14(2)24(13-17-8-7-9-18(21)12-17)20(25)11-10-19-15(3)22-23(5)16(19)4/h7-9,12,14H,6,10-11,13H2,1-5H3/t14-/m1/s1. The quantitative estimate of drug-likeness (QED) is 0.730. The zero-order valence-electron chi connectivity index (χ0n) is 15.8. The second-order valence-corrected chi connectivity index (χ2v) is 7.12. The van der Waals surface area contributed by atoms with E-state index in [9.17, 15) is 4.79 Å². The van der Waals surface area contributed by atoms with Gasteiger partial charge in [0.2, 0.25) is 5.91 Å². The predicted molar refractivity (Wildman–Crippen MR) is 103 cm³/mol. The van der Waals surface area contributed by atoms with Crippen molar-refractivity contribution in [2.24, 2.45) is 7.05 Å². The molecule has 0 radical (unpaired) electrons. The van der Waals surface area contributed by atoms with E-state index in [-0.39, 0.29) is 11.9 Å². The summed E-state index contributed by atoms with van der Waals surface area (Å²) in [5, 5.41) is 5.14. The topological polar surface area (TPSA) is 38.1 Å². The number of aromatic nitrogens is 2. The van der Waals surface area contributed by atoms with E-state index in [1.54, 1.807) is 0 Å². The third-order valence-electron chi connectivity index (χ3n) is 4.93. The van der Waals surface area contributed by atoms with Crippen LogP contribution in [0, 0.1) is 13.8 Å². The number of rotatable bonds is 7. The Labute approximate surface area is 155 Å². The minimum atomic E-state index is 0.178. The van der Waals surface area contributed by atoms with Crippen LogP contribution in [0.5, 0.6) is 0 Å². The van der Waals surface area contributed by atoms with Gasteiger partial charge < -0.3 is 4.90 Å². The average molecular weight is 362 g/mol. The van der Waals surface area contributed by atoms with Gasteiger partial charge in [-0.1, -0.05) is 30.7 Å². The lowest BCUT2D eigenvalue weighted by Gasteiger charge is -2.29. The monoisotopic (exact) mass is 361 g/mol. The van der Waals surface area contributed by atoms with Crippen LogP contribution in [0.1, 0.15) is 49.2 Å². The molecule has 1 aromatic carbocycles. The van der Waals surface area contributed by atoms with Gasteiger partial charge in [-0.3, -0.25) is 9.48 Å². The van der Waals surface area contributed by atoms with Gasteiger partial charge in [-0.25, -0.2) is 0 Å². The van der Waals surface area contributed by atoms with E-state index in [4.69, 9.17) is 11.6 Å². The van der Waals surface area contributed by atoms with Crippen molar-refractivity contribution in [2.75, 3.05) is 0 Å². The summed E-state index contributed by atoms with van der Waals surface area (Å²) in [5.41, 5.74) is 4.39. The fourth-order valence-electron chi connectivity index (χ4n) is 3.10. The molecule has 4 nitrogen and oxygen atoms in total. The number of halogens is 1. The molecule has 2 aromatic rings. The van der Waals surface area contributed by atoms with Gasteiger partial charge in [0.05, 0.1) is 5.69 Å². The molecular formula is C20H28ClN3O. The second kappa shape index (κ2) is 8.52. The summed E-state index contributed by atoms with van der Waals surface area (Å²) in [6, 6.07) is 7.93. The summed E-state index contributed by atoms with van der Waals surface area (Å²) in [7, 11) is 1.94. The van der Waals surface area contributed by atoms with E-state index in [2.05, 4.69) is 25.9 Å². The summed E-state index contributed by atoms with van der Waals surface area (Å²) in [4.78, 5) is 14.9. The zero-order chi connectivity index (χ0) is 18.6. The number of hydrogen-bond donors (Lipinski definition) is 0. The van der Waals surface area contributed by atoms with Crippen molar-refractivity contribution < 1.29 is 4.79 Å². The number of hydrogen-bond acceptors (Lipinski definition) is 2. The van der Waals surface area contributed by atoms with Crippen LogP contribution in [0.25, 0.3) is 0 Å². The van der Waals surface area contributed by atoms with Crippen LogP contribution in [0.3, 0.4) is 0 Å². The maximum atomic E-state index is 12.9. The van der Waals surface area contributed by atoms with Crippen LogP contribution in [-0.4, -0.2) is 26.6 Å². The smallest absolute Gasteiger partial charge is 0.223 e. The number of nitrogens with zero attached hydrogens (tertiary/aromatic N) is 3. The summed E-state index contributed by atoms with van der Waals surface area (Å²) < 4.78 is 1.88. The SMILES string of the molecule is CC[C@@H](C)N(Cc1cccc(Cl)c1)C(=O)CCc1c(C)nn(C)c1C. The Morgan fingerprint density at radius 1 is 1.36 bits per heavy atom. The third kappa shape index (κ3) is 4.85. The zero-order valence-corrected chi connectivity index (χ0v) is 16.6. The van der Waals surface area contributed by atoms with Crippen molar-refractivity contribution in [1.29, 1.82) is 0 Å². The number of aryl methyl sites for hydroxylation is 2. The fourth-order valence-corrected chi connectivity index (χ4v) is 3.31. The molecule has 1 heterocycles. The predicted octanol–water partition coefficient (Wildman–Crippen LogP) is 4.45. The highest BCUT2D eigenvalue weighted by atomic mass is 35.5. The van der Waals surface area contributed by atoms with Gasteiger partial charge in [-0.2, -0.15) is 5.10 Å². The Morgan fingerprint density at radius 3 is 2.64 bits per heavy atom. The van der Waals surface area contributed by atoms with Gasteiger partial charge >= 0.3 is 0 Å². The highest BCUT2D eigenvalue weighted by Gasteiger charge is 2.20. The molecule has 0 bridgehead atoms. The Balaban J connectivity index is 2.10. The van der Waals surface area contributed by atoms with Crippen molar-refractivity contribution in [3.8, 4) is 0 Å². The van der Waals surface area contributed by atoms with Crippen LogP contribution in [-0.2, 0) is 24.8 Å². The normalized spacial score (nSPS) is 12.2. The highest BCUT2D eigenvalue weighted by molar-refractivity contribution is 6.30. The van der Waals surface area contributed by atoms with E-state index in [0.29, 0.717) is 18.0 Å². The maximum absolute atomic E-state index is 12.9. The maximum Gasteiger partial charge on any atom is 0.223 e. The molecule has 0 N–H and O–H groups in total. The Hall–Kier alpha value is -1.81. The summed E-state index contributed by atoms with van der Waals surface area (Å²) in [6.07, 6.45) is 2.16. The summed E-state index contributed by atoms with van der Waals surface area (Å²) >= 11 is 6.09. The lowest BCUT2D eigenvalue weighted by molar-refractivity contribution is -0.134. The van der Waals surface area contributed by atoms with E-state index in [1.165, 1.54) is 5.56 Å². The first-order chi connectivity index (χ1) is 11.8. The largest absolute Gasteiger partial charge is 0.336 e. The molecule has 0 spiro atoms. The van der Waals surface area contributed by atoms with Crippen molar-refractivity contribution in [1.82, 2.24) is 14.7 Å². The van der Waals surface area contributed by atoms with Gasteiger partial charge in [0.1, 0.15) is 0 Å². The molecule has 136 valence electrons. The molecule has 0 aliphatic carbocycles. The van der Waals surface area contributed by atoms with Gasteiger partial charge in [0.15, 0.2) is 0 Å². The van der Waals surface area contributed by atoms with E-state index < -0.39 is 0 Å². The highest BCUT2D eigenvalue weighted by Crippen LogP contribution is 2.19. The number of amides is 1. The summed E-state index contributed by atoms with van der Waals surface area (Å²) in [5.74, 6) is 0.178. The Kier molecular flexibility index (Phi) is 6.65. The van der Waals surface area contributed by atoms with E-state index in [0.717, 1.165) is 29.8 Å². The van der Waals surface area contributed by atoms with Gasteiger partial charge in [-0.15, -0.1) is 0 Å². The van der Waals surface area contributed by atoms with Gasteiger partial charge in [-0.05, 0) is 56.9 Å². The number of benzene rings is 1. The van der Waals surface area contributed by atoms with Crippen molar-refractivity contribution in [2.45, 2.75) is 59.5 Å². The average Bonchev–Trinajstić information content (AvgIpc) is 2.82. The molecular weight excluding hydrogens is 334 g/mol. The van der Waals surface area contributed by atoms with Crippen LogP contribution >= 0.6 is 11.6 Å². The molecule has 2 rings (SSSR count). The lowest BCUT2D eigenvalue weighted by atomic mass is 10.1. The fraction of sp³-hybridized carbons (Fsp3) is 0.500. The number of carbonyl (C=O) groups is 1. The molecule has 0 fully saturated rings. The second-order valence-electron chi connectivity index (χ2n) is 6.68. The first-order valence-corrected chi connectivity index (χ1v) is 9.24. The minimum Gasteiger partial charge on any atom is -0.336 e. The van der Waals surface area contributed by atoms with Crippen LogP contribution in [0.15, 0.2) is 24.3 Å². The van der Waals surface area contributed by atoms with E-state index >= 15 is 0 Å². The molecule has 25 heavy (non-hydrogen) atoms. The van der Waals surface area contributed by atoms with Crippen LogP contribution < -0.4 is 0 Å². The van der Waals surface area contributed by atoms with E-state index in [1.807, 2.05) is 47.8 Å². The Morgan fingerprint density at radius 2 is 2.08 bits per heavy atom. The Bertz CT molecular complexity index is 739. The molecule has 0 saturated carbocycles. The lowest BCUT2D eigenvalue weighted by Crippen LogP contribution is -2.38. The third-order valence-corrected chi connectivity index (χ3v) is 5.17. The van der Waals surface area contributed by atoms with Crippen LogP contribution in [0.2, 0.25) is 5.02 Å². The molecule has 5 heteroatoms. The van der Waals surface area contributed by atoms with Gasteiger partial charge in [0.25, 0.3) is 0 Å². The molecule has 1 aromatic heterocycles. The van der Waals surface area contributed by atoms with Gasteiger partial charge in [0, 0.05) is 36.8 Å². The summed E-state index contributed by atoms with van der Waals surface area (Å²) in [6.45, 7) is 8.87.